The van der Waals surface area contributed by atoms with Crippen molar-refractivity contribution in [2.24, 2.45) is 0 Å². The van der Waals surface area contributed by atoms with Crippen LogP contribution in [0.1, 0.15) is 32.8 Å². The first kappa shape index (κ1) is 20.6. The molecule has 6 nitrogen and oxygen atoms in total. The number of hydrogen-bond acceptors (Lipinski definition) is 4. The van der Waals surface area contributed by atoms with E-state index in [1.807, 2.05) is 38.3 Å². The number of nitrogens with one attached hydrogen (secondary N) is 2. The van der Waals surface area contributed by atoms with E-state index in [1.165, 1.54) is 16.2 Å². The van der Waals surface area contributed by atoms with E-state index in [0.29, 0.717) is 4.88 Å². The maximum absolute atomic E-state index is 12.3. The zero-order valence-electron chi connectivity index (χ0n) is 16.1. The lowest BCUT2D eigenvalue weighted by Crippen LogP contribution is -2.37. The van der Waals surface area contributed by atoms with Gasteiger partial charge in [0.15, 0.2) is 0 Å². The summed E-state index contributed by atoms with van der Waals surface area (Å²) < 4.78 is 0. The largest absolute Gasteiger partial charge is 0.351 e. The highest BCUT2D eigenvalue weighted by molar-refractivity contribution is 7.12. The summed E-state index contributed by atoms with van der Waals surface area (Å²) in [5.74, 6) is -0.638. The molecule has 3 amide bonds. The first-order valence-electron chi connectivity index (χ1n) is 8.71. The molecule has 1 heterocycles. The average molecular weight is 388 g/mol. The number of benzene rings is 1. The van der Waals surface area contributed by atoms with Gasteiger partial charge in [0.25, 0.3) is 5.91 Å². The molecule has 0 aliphatic carbocycles. The molecule has 0 unspecified atom stereocenters. The van der Waals surface area contributed by atoms with Crippen LogP contribution in [-0.4, -0.2) is 42.8 Å². The average Bonchev–Trinajstić information content (AvgIpc) is 3.12. The topological polar surface area (TPSA) is 78.5 Å². The van der Waals surface area contributed by atoms with Gasteiger partial charge in [0.05, 0.1) is 11.4 Å². The van der Waals surface area contributed by atoms with E-state index in [1.54, 1.807) is 19.2 Å². The van der Waals surface area contributed by atoms with Crippen molar-refractivity contribution in [3.05, 3.63) is 51.2 Å². The second-order valence-corrected chi connectivity index (χ2v) is 7.50. The quantitative estimate of drug-likeness (QED) is 0.767. The number of thiophene rings is 1. The number of aryl methyl sites for hydroxylation is 3. The van der Waals surface area contributed by atoms with Gasteiger partial charge in [-0.2, -0.15) is 0 Å². The molecular formula is C20H25N3O3S. The predicted octanol–water partition coefficient (Wildman–Crippen LogP) is 2.89. The number of nitrogens with zero attached hydrogens (tertiary/aromatic N) is 1. The highest BCUT2D eigenvalue weighted by Gasteiger charge is 2.15. The van der Waals surface area contributed by atoms with Gasteiger partial charge in [-0.1, -0.05) is 23.8 Å². The molecule has 2 aromatic rings. The Morgan fingerprint density at radius 3 is 2.37 bits per heavy atom. The Bertz CT molecular complexity index is 808. The minimum absolute atomic E-state index is 0.0372. The lowest BCUT2D eigenvalue weighted by molar-refractivity contribution is -0.133. The third-order valence-electron chi connectivity index (χ3n) is 4.12. The third-order valence-corrected chi connectivity index (χ3v) is 4.99. The van der Waals surface area contributed by atoms with Gasteiger partial charge in [-0.25, -0.2) is 0 Å². The molecule has 0 saturated carbocycles. The standard InChI is InChI=1S/C20H25N3O3S/c1-13-10-14(2)19(15(3)11-13)22-17(24)12-23(4)18(25)7-8-21-20(26)16-6-5-9-27-16/h5-6,9-11H,7-8,12H2,1-4H3,(H,21,26)(H,22,24). The second kappa shape index (κ2) is 9.32. The molecular weight excluding hydrogens is 362 g/mol. The van der Waals surface area contributed by atoms with Crippen molar-refractivity contribution < 1.29 is 14.4 Å². The van der Waals surface area contributed by atoms with Crippen LogP contribution < -0.4 is 10.6 Å². The van der Waals surface area contributed by atoms with E-state index in [9.17, 15) is 14.4 Å². The lowest BCUT2D eigenvalue weighted by Gasteiger charge is -2.18. The number of likely N-dealkylation sites (N-methyl/N-ethyl adjacent to an activating group) is 1. The van der Waals surface area contributed by atoms with E-state index < -0.39 is 0 Å². The van der Waals surface area contributed by atoms with Crippen LogP contribution in [0.25, 0.3) is 0 Å². The van der Waals surface area contributed by atoms with Crippen LogP contribution in [-0.2, 0) is 9.59 Å². The fraction of sp³-hybridized carbons (Fsp3) is 0.350. The third kappa shape index (κ3) is 5.92. The van der Waals surface area contributed by atoms with Crippen molar-refractivity contribution in [3.8, 4) is 0 Å². The minimum atomic E-state index is -0.247. The van der Waals surface area contributed by atoms with Crippen molar-refractivity contribution in [1.29, 1.82) is 0 Å². The van der Waals surface area contributed by atoms with Crippen molar-refractivity contribution in [2.75, 3.05) is 25.5 Å². The van der Waals surface area contributed by atoms with Crippen molar-refractivity contribution >= 4 is 34.7 Å². The molecule has 2 N–H and O–H groups in total. The zero-order chi connectivity index (χ0) is 20.0. The monoisotopic (exact) mass is 387 g/mol. The molecule has 0 aliphatic heterocycles. The molecule has 2 rings (SSSR count). The summed E-state index contributed by atoms with van der Waals surface area (Å²) in [5, 5.41) is 7.41. The smallest absolute Gasteiger partial charge is 0.261 e. The lowest BCUT2D eigenvalue weighted by atomic mass is 10.1. The van der Waals surface area contributed by atoms with E-state index in [0.717, 1.165) is 22.4 Å². The highest BCUT2D eigenvalue weighted by atomic mass is 32.1. The zero-order valence-corrected chi connectivity index (χ0v) is 16.9. The van der Waals surface area contributed by atoms with E-state index in [4.69, 9.17) is 0 Å². The van der Waals surface area contributed by atoms with Gasteiger partial charge < -0.3 is 15.5 Å². The summed E-state index contributed by atoms with van der Waals surface area (Å²) in [7, 11) is 1.58. The summed E-state index contributed by atoms with van der Waals surface area (Å²) in [5.41, 5.74) is 3.91. The van der Waals surface area contributed by atoms with Crippen molar-refractivity contribution in [1.82, 2.24) is 10.2 Å². The van der Waals surface area contributed by atoms with Crippen LogP contribution in [0.5, 0.6) is 0 Å². The Hall–Kier alpha value is -2.67. The maximum atomic E-state index is 12.3. The second-order valence-electron chi connectivity index (χ2n) is 6.55. The summed E-state index contributed by atoms with van der Waals surface area (Å²) in [6, 6.07) is 7.55. The van der Waals surface area contributed by atoms with Crippen LogP contribution in [0.2, 0.25) is 0 Å². The number of rotatable bonds is 7. The molecule has 0 aliphatic rings. The van der Waals surface area contributed by atoms with E-state index in [-0.39, 0.29) is 37.2 Å². The number of carbonyl (C=O) groups is 3. The molecule has 0 radical (unpaired) electrons. The number of anilines is 1. The summed E-state index contributed by atoms with van der Waals surface area (Å²) in [6.45, 7) is 6.10. The minimum Gasteiger partial charge on any atom is -0.351 e. The summed E-state index contributed by atoms with van der Waals surface area (Å²) in [4.78, 5) is 38.3. The SMILES string of the molecule is Cc1cc(C)c(NC(=O)CN(C)C(=O)CCNC(=O)c2cccs2)c(C)c1. The van der Waals surface area contributed by atoms with Crippen LogP contribution in [0, 0.1) is 20.8 Å². The Balaban J connectivity index is 1.80. The molecule has 7 heteroatoms. The Morgan fingerprint density at radius 1 is 1.11 bits per heavy atom. The highest BCUT2D eigenvalue weighted by Crippen LogP contribution is 2.21. The maximum Gasteiger partial charge on any atom is 0.261 e. The van der Waals surface area contributed by atoms with E-state index in [2.05, 4.69) is 10.6 Å². The molecule has 0 bridgehead atoms. The fourth-order valence-corrected chi connectivity index (χ4v) is 3.47. The van der Waals surface area contributed by atoms with Gasteiger partial charge in [-0.05, 0) is 43.3 Å². The molecule has 0 saturated heterocycles. The molecule has 1 aromatic heterocycles. The first-order valence-corrected chi connectivity index (χ1v) is 9.59. The molecule has 0 atom stereocenters. The normalized spacial score (nSPS) is 10.4. The molecule has 0 spiro atoms. The Morgan fingerprint density at radius 2 is 1.78 bits per heavy atom. The van der Waals surface area contributed by atoms with Gasteiger partial charge in [0, 0.05) is 25.7 Å². The van der Waals surface area contributed by atoms with Crippen LogP contribution >= 0.6 is 11.3 Å². The van der Waals surface area contributed by atoms with Crippen molar-refractivity contribution in [3.63, 3.8) is 0 Å². The molecule has 27 heavy (non-hydrogen) atoms. The number of amides is 3. The Kier molecular flexibility index (Phi) is 7.12. The van der Waals surface area contributed by atoms with Gasteiger partial charge in [-0.15, -0.1) is 11.3 Å². The summed E-state index contributed by atoms with van der Waals surface area (Å²) in [6.07, 6.45) is 0.142. The van der Waals surface area contributed by atoms with Gasteiger partial charge in [0.2, 0.25) is 11.8 Å². The van der Waals surface area contributed by atoms with Crippen LogP contribution in [0.15, 0.2) is 29.6 Å². The van der Waals surface area contributed by atoms with E-state index >= 15 is 0 Å². The van der Waals surface area contributed by atoms with Gasteiger partial charge >= 0.3 is 0 Å². The molecule has 0 fully saturated rings. The number of carbonyl (C=O) groups excluding carboxylic acids is 3. The van der Waals surface area contributed by atoms with Gasteiger partial charge in [0.1, 0.15) is 0 Å². The fourth-order valence-electron chi connectivity index (χ4n) is 2.83. The van der Waals surface area contributed by atoms with Crippen molar-refractivity contribution in [2.45, 2.75) is 27.2 Å². The Labute approximate surface area is 163 Å². The number of hydrogen-bond donors (Lipinski definition) is 2. The predicted molar refractivity (Wildman–Crippen MR) is 108 cm³/mol. The van der Waals surface area contributed by atoms with Crippen LogP contribution in [0.4, 0.5) is 5.69 Å². The molecule has 1 aromatic carbocycles. The van der Waals surface area contributed by atoms with Gasteiger partial charge in [-0.3, -0.25) is 14.4 Å². The first-order chi connectivity index (χ1) is 12.8. The summed E-state index contributed by atoms with van der Waals surface area (Å²) >= 11 is 1.35. The van der Waals surface area contributed by atoms with Crippen LogP contribution in [0.3, 0.4) is 0 Å². The molecule has 144 valence electrons.